The number of aromatic carboxylic acids is 1. The molecule has 0 radical (unpaired) electrons. The van der Waals surface area contributed by atoms with Crippen molar-refractivity contribution in [1.29, 1.82) is 0 Å². The predicted molar refractivity (Wildman–Crippen MR) is 106 cm³/mol. The van der Waals surface area contributed by atoms with Gasteiger partial charge in [0.15, 0.2) is 5.65 Å². The molecular formula is C20H13Cl2N3O2. The van der Waals surface area contributed by atoms with Gasteiger partial charge in [0.1, 0.15) is 0 Å². The maximum atomic E-state index is 11.9. The van der Waals surface area contributed by atoms with E-state index in [0.29, 0.717) is 38.0 Å². The minimum Gasteiger partial charge on any atom is -0.478 e. The normalized spacial score (nSPS) is 11.1. The molecule has 0 amide bonds. The molecule has 7 heteroatoms. The van der Waals surface area contributed by atoms with E-state index in [1.807, 2.05) is 30.3 Å². The zero-order valence-corrected chi connectivity index (χ0v) is 15.7. The van der Waals surface area contributed by atoms with Crippen LogP contribution in [0.15, 0.2) is 54.6 Å². The van der Waals surface area contributed by atoms with Crippen molar-refractivity contribution in [2.75, 3.05) is 0 Å². The average Bonchev–Trinajstić information content (AvgIpc) is 3.00. The fraction of sp³-hybridized carbons (Fsp3) is 0.0500. The van der Waals surface area contributed by atoms with Crippen LogP contribution in [0.2, 0.25) is 10.0 Å². The number of carboxylic acid groups (broad SMARTS) is 1. The fourth-order valence-corrected chi connectivity index (χ4v) is 3.31. The van der Waals surface area contributed by atoms with Crippen LogP contribution in [0, 0.1) is 6.92 Å². The van der Waals surface area contributed by atoms with E-state index in [4.69, 9.17) is 28.2 Å². The lowest BCUT2D eigenvalue weighted by Gasteiger charge is -2.08. The van der Waals surface area contributed by atoms with Crippen molar-refractivity contribution in [3.8, 4) is 16.9 Å². The standard InChI is InChI=1S/C20H13Cl2N3O2/c1-11-18-14(20(26)27)10-17(12-7-8-15(21)16(22)9-12)23-19(18)25(24-11)13-5-3-2-4-6-13/h2-10H,1H3,(H,26,27). The number of carboxylic acids is 1. The lowest BCUT2D eigenvalue weighted by atomic mass is 10.1. The molecule has 0 spiro atoms. The molecule has 0 aliphatic heterocycles. The highest BCUT2D eigenvalue weighted by molar-refractivity contribution is 6.42. The Balaban J connectivity index is 2.05. The molecule has 134 valence electrons. The molecule has 2 heterocycles. The van der Waals surface area contributed by atoms with Gasteiger partial charge >= 0.3 is 5.97 Å². The summed E-state index contributed by atoms with van der Waals surface area (Å²) in [6, 6.07) is 16.1. The van der Waals surface area contributed by atoms with Gasteiger partial charge < -0.3 is 5.11 Å². The maximum Gasteiger partial charge on any atom is 0.336 e. The number of rotatable bonds is 3. The monoisotopic (exact) mass is 397 g/mol. The molecular weight excluding hydrogens is 385 g/mol. The highest BCUT2D eigenvalue weighted by Gasteiger charge is 2.20. The van der Waals surface area contributed by atoms with Gasteiger partial charge in [-0.3, -0.25) is 0 Å². The third-order valence-corrected chi connectivity index (χ3v) is 5.00. The fourth-order valence-electron chi connectivity index (χ4n) is 3.01. The lowest BCUT2D eigenvalue weighted by Crippen LogP contribution is -2.02. The van der Waals surface area contributed by atoms with Gasteiger partial charge in [0.05, 0.1) is 38.1 Å². The number of hydrogen-bond acceptors (Lipinski definition) is 3. The number of aryl methyl sites for hydroxylation is 1. The summed E-state index contributed by atoms with van der Waals surface area (Å²) in [7, 11) is 0. The van der Waals surface area contributed by atoms with Crippen molar-refractivity contribution in [3.63, 3.8) is 0 Å². The minimum atomic E-state index is -1.04. The minimum absolute atomic E-state index is 0.140. The molecule has 0 fully saturated rings. The highest BCUT2D eigenvalue weighted by Crippen LogP contribution is 2.31. The van der Waals surface area contributed by atoms with Crippen molar-refractivity contribution in [2.45, 2.75) is 6.92 Å². The molecule has 27 heavy (non-hydrogen) atoms. The lowest BCUT2D eigenvalue weighted by molar-refractivity contribution is 0.0699. The summed E-state index contributed by atoms with van der Waals surface area (Å²) in [4.78, 5) is 16.6. The summed E-state index contributed by atoms with van der Waals surface area (Å²) < 4.78 is 1.65. The molecule has 0 bridgehead atoms. The first-order valence-electron chi connectivity index (χ1n) is 8.10. The number of para-hydroxylation sites is 1. The summed E-state index contributed by atoms with van der Waals surface area (Å²) >= 11 is 12.1. The van der Waals surface area contributed by atoms with E-state index in [9.17, 15) is 9.90 Å². The topological polar surface area (TPSA) is 68.0 Å². The second-order valence-corrected chi connectivity index (χ2v) is 6.83. The molecule has 0 aliphatic carbocycles. The Bertz CT molecular complexity index is 1190. The first-order chi connectivity index (χ1) is 13.0. The predicted octanol–water partition coefficient (Wildman–Crippen LogP) is 5.40. The average molecular weight is 398 g/mol. The SMILES string of the molecule is Cc1nn(-c2ccccc2)c2nc(-c3ccc(Cl)c(Cl)c3)cc(C(=O)O)c12. The number of fused-ring (bicyclic) bond motifs is 1. The smallest absolute Gasteiger partial charge is 0.336 e. The second kappa shape index (κ2) is 6.68. The van der Waals surface area contributed by atoms with Crippen LogP contribution >= 0.6 is 23.2 Å². The molecule has 0 unspecified atom stereocenters. The van der Waals surface area contributed by atoms with Gasteiger partial charge in [-0.25, -0.2) is 14.5 Å². The van der Waals surface area contributed by atoms with E-state index in [1.165, 1.54) is 6.07 Å². The van der Waals surface area contributed by atoms with Crippen molar-refractivity contribution < 1.29 is 9.90 Å². The molecule has 2 aromatic carbocycles. The quantitative estimate of drug-likeness (QED) is 0.502. The number of aromatic nitrogens is 3. The number of carbonyl (C=O) groups is 1. The van der Waals surface area contributed by atoms with E-state index in [2.05, 4.69) is 5.10 Å². The van der Waals surface area contributed by atoms with Crippen LogP contribution in [0.1, 0.15) is 16.1 Å². The summed E-state index contributed by atoms with van der Waals surface area (Å²) in [6.45, 7) is 1.77. The molecule has 0 aliphatic rings. The van der Waals surface area contributed by atoms with E-state index >= 15 is 0 Å². The molecule has 4 rings (SSSR count). The summed E-state index contributed by atoms with van der Waals surface area (Å²) in [5, 5.41) is 15.6. The number of benzene rings is 2. The molecule has 0 saturated carbocycles. The Kier molecular flexibility index (Phi) is 4.34. The zero-order valence-electron chi connectivity index (χ0n) is 14.1. The van der Waals surface area contributed by atoms with Crippen LogP contribution in [-0.4, -0.2) is 25.8 Å². The van der Waals surface area contributed by atoms with E-state index in [-0.39, 0.29) is 5.56 Å². The van der Waals surface area contributed by atoms with Crippen molar-refractivity contribution in [1.82, 2.24) is 14.8 Å². The summed E-state index contributed by atoms with van der Waals surface area (Å²) in [5.41, 5.74) is 3.16. The van der Waals surface area contributed by atoms with Crippen LogP contribution in [0.4, 0.5) is 0 Å². The van der Waals surface area contributed by atoms with E-state index < -0.39 is 5.97 Å². The number of pyridine rings is 1. The van der Waals surface area contributed by atoms with Crippen LogP contribution < -0.4 is 0 Å². The van der Waals surface area contributed by atoms with Crippen molar-refractivity contribution in [2.24, 2.45) is 0 Å². The van der Waals surface area contributed by atoms with Gasteiger partial charge in [0, 0.05) is 5.56 Å². The Hall–Kier alpha value is -2.89. The first-order valence-corrected chi connectivity index (χ1v) is 8.86. The highest BCUT2D eigenvalue weighted by atomic mass is 35.5. The van der Waals surface area contributed by atoms with Crippen molar-refractivity contribution >= 4 is 40.2 Å². The van der Waals surface area contributed by atoms with Gasteiger partial charge in [-0.05, 0) is 37.3 Å². The Morgan fingerprint density at radius 1 is 1.04 bits per heavy atom. The van der Waals surface area contributed by atoms with Gasteiger partial charge in [0.25, 0.3) is 0 Å². The van der Waals surface area contributed by atoms with Gasteiger partial charge in [0.2, 0.25) is 0 Å². The number of halogens is 2. The van der Waals surface area contributed by atoms with Gasteiger partial charge in [-0.2, -0.15) is 5.10 Å². The first kappa shape index (κ1) is 17.5. The Morgan fingerprint density at radius 2 is 1.78 bits per heavy atom. The largest absolute Gasteiger partial charge is 0.478 e. The number of nitrogens with zero attached hydrogens (tertiary/aromatic N) is 3. The zero-order chi connectivity index (χ0) is 19.1. The second-order valence-electron chi connectivity index (χ2n) is 6.02. The molecule has 1 N–H and O–H groups in total. The molecule has 2 aromatic heterocycles. The molecule has 4 aromatic rings. The van der Waals surface area contributed by atoms with E-state index in [1.54, 1.807) is 29.8 Å². The summed E-state index contributed by atoms with van der Waals surface area (Å²) in [5.74, 6) is -1.04. The third-order valence-electron chi connectivity index (χ3n) is 4.26. The van der Waals surface area contributed by atoms with Gasteiger partial charge in [-0.1, -0.05) is 47.5 Å². The van der Waals surface area contributed by atoms with Crippen LogP contribution in [0.25, 0.3) is 28.0 Å². The van der Waals surface area contributed by atoms with E-state index in [0.717, 1.165) is 5.69 Å². The van der Waals surface area contributed by atoms with Crippen LogP contribution in [0.3, 0.4) is 0 Å². The number of hydrogen-bond donors (Lipinski definition) is 1. The molecule has 0 atom stereocenters. The molecule has 0 saturated heterocycles. The Morgan fingerprint density at radius 3 is 2.44 bits per heavy atom. The maximum absolute atomic E-state index is 11.9. The van der Waals surface area contributed by atoms with Gasteiger partial charge in [-0.15, -0.1) is 0 Å². The summed E-state index contributed by atoms with van der Waals surface area (Å²) in [6.07, 6.45) is 0. The van der Waals surface area contributed by atoms with Crippen LogP contribution in [0.5, 0.6) is 0 Å². The Labute approximate surface area is 164 Å². The third kappa shape index (κ3) is 3.05. The van der Waals surface area contributed by atoms with Crippen molar-refractivity contribution in [3.05, 3.63) is 75.9 Å². The molecule has 5 nitrogen and oxygen atoms in total. The van der Waals surface area contributed by atoms with Crippen LogP contribution in [-0.2, 0) is 0 Å².